The molecule has 0 amide bonds. The first kappa shape index (κ1) is 13.1. The summed E-state index contributed by atoms with van der Waals surface area (Å²) in [5.74, 6) is -0.123. The zero-order chi connectivity index (χ0) is 13.8. The summed E-state index contributed by atoms with van der Waals surface area (Å²) in [6.07, 6.45) is 1.07. The number of nitrogens with one attached hydrogen (secondary N) is 1. The first-order valence-corrected chi connectivity index (χ1v) is 7.13. The minimum atomic E-state index is -0.123. The molecule has 1 fully saturated rings. The number of benzene rings is 2. The smallest absolute Gasteiger partial charge is 0.128 e. The van der Waals surface area contributed by atoms with Gasteiger partial charge in [0.05, 0.1) is 6.04 Å². The number of hydrogen-bond acceptors (Lipinski definition) is 2. The fourth-order valence-electron chi connectivity index (χ4n) is 2.83. The van der Waals surface area contributed by atoms with Crippen molar-refractivity contribution in [3.8, 4) is 0 Å². The Labute approximate surface area is 119 Å². The van der Waals surface area contributed by atoms with Crippen LogP contribution in [0.25, 0.3) is 0 Å². The van der Waals surface area contributed by atoms with Crippen LogP contribution in [0.1, 0.15) is 18.0 Å². The van der Waals surface area contributed by atoms with Gasteiger partial charge >= 0.3 is 0 Å². The third kappa shape index (κ3) is 2.68. The predicted octanol–water partition coefficient (Wildman–Crippen LogP) is 3.37. The van der Waals surface area contributed by atoms with E-state index < -0.39 is 0 Å². The lowest BCUT2D eigenvalue weighted by atomic mass is 10.0. The molecule has 1 aliphatic heterocycles. The van der Waals surface area contributed by atoms with Crippen molar-refractivity contribution in [2.24, 2.45) is 0 Å². The second kappa shape index (κ2) is 6.06. The van der Waals surface area contributed by atoms with Crippen LogP contribution >= 0.6 is 0 Å². The Morgan fingerprint density at radius 3 is 2.55 bits per heavy atom. The van der Waals surface area contributed by atoms with Crippen LogP contribution in [0.4, 0.5) is 10.1 Å². The third-order valence-electron chi connectivity index (χ3n) is 3.82. The van der Waals surface area contributed by atoms with Crippen LogP contribution in [0.15, 0.2) is 54.6 Å². The Kier molecular flexibility index (Phi) is 3.97. The molecule has 0 radical (unpaired) electrons. The van der Waals surface area contributed by atoms with E-state index in [1.54, 1.807) is 12.1 Å². The topological polar surface area (TPSA) is 15.3 Å². The van der Waals surface area contributed by atoms with Gasteiger partial charge in [-0.15, -0.1) is 0 Å². The first-order chi connectivity index (χ1) is 9.86. The van der Waals surface area contributed by atoms with Crippen LogP contribution in [0, 0.1) is 5.82 Å². The van der Waals surface area contributed by atoms with Gasteiger partial charge in [-0.3, -0.25) is 0 Å². The Balaban J connectivity index is 1.98. The maximum atomic E-state index is 14.1. The number of anilines is 1. The SMILES string of the molecule is Fc1ccccc1C1CNCCCN1c1ccccc1. The molecule has 20 heavy (non-hydrogen) atoms. The molecular weight excluding hydrogens is 251 g/mol. The maximum absolute atomic E-state index is 14.1. The predicted molar refractivity (Wildman–Crippen MR) is 80.4 cm³/mol. The molecule has 0 bridgehead atoms. The van der Waals surface area contributed by atoms with Crippen LogP contribution in [-0.4, -0.2) is 19.6 Å². The molecule has 1 unspecified atom stereocenters. The quantitative estimate of drug-likeness (QED) is 0.900. The molecule has 0 aliphatic carbocycles. The first-order valence-electron chi connectivity index (χ1n) is 7.13. The van der Waals surface area contributed by atoms with Crippen molar-refractivity contribution in [2.45, 2.75) is 12.5 Å². The van der Waals surface area contributed by atoms with Gasteiger partial charge in [-0.1, -0.05) is 36.4 Å². The minimum absolute atomic E-state index is 0.0427. The van der Waals surface area contributed by atoms with Crippen molar-refractivity contribution in [3.05, 3.63) is 66.0 Å². The molecule has 1 atom stereocenters. The second-order valence-electron chi connectivity index (χ2n) is 5.12. The van der Waals surface area contributed by atoms with Crippen molar-refractivity contribution >= 4 is 5.69 Å². The molecule has 2 aromatic carbocycles. The van der Waals surface area contributed by atoms with Gasteiger partial charge in [0.15, 0.2) is 0 Å². The molecule has 1 N–H and O–H groups in total. The molecule has 1 heterocycles. The van der Waals surface area contributed by atoms with Gasteiger partial charge in [-0.25, -0.2) is 4.39 Å². The number of nitrogens with zero attached hydrogens (tertiary/aromatic N) is 1. The molecule has 0 saturated carbocycles. The van der Waals surface area contributed by atoms with Crippen molar-refractivity contribution in [2.75, 3.05) is 24.5 Å². The molecule has 1 aliphatic rings. The Bertz CT molecular complexity index is 556. The van der Waals surface area contributed by atoms with Crippen molar-refractivity contribution in [1.29, 1.82) is 0 Å². The fraction of sp³-hybridized carbons (Fsp3) is 0.294. The van der Waals surface area contributed by atoms with Crippen LogP contribution in [0.5, 0.6) is 0 Å². The summed E-state index contributed by atoms with van der Waals surface area (Å²) >= 11 is 0. The van der Waals surface area contributed by atoms with E-state index in [1.807, 2.05) is 30.3 Å². The van der Waals surface area contributed by atoms with Gasteiger partial charge in [-0.05, 0) is 31.2 Å². The summed E-state index contributed by atoms with van der Waals surface area (Å²) < 4.78 is 14.1. The van der Waals surface area contributed by atoms with E-state index in [0.717, 1.165) is 37.3 Å². The Hall–Kier alpha value is -1.87. The average molecular weight is 270 g/mol. The zero-order valence-corrected chi connectivity index (χ0v) is 11.4. The van der Waals surface area contributed by atoms with E-state index >= 15 is 0 Å². The maximum Gasteiger partial charge on any atom is 0.128 e. The molecule has 2 nitrogen and oxygen atoms in total. The van der Waals surface area contributed by atoms with Crippen LogP contribution in [-0.2, 0) is 0 Å². The standard InChI is InChI=1S/C17H19FN2/c18-16-10-5-4-9-15(16)17-13-19-11-6-12-20(17)14-7-2-1-3-8-14/h1-5,7-10,17,19H,6,11-13H2. The van der Waals surface area contributed by atoms with Crippen LogP contribution in [0.2, 0.25) is 0 Å². The normalized spacial score (nSPS) is 19.6. The molecule has 3 heteroatoms. The summed E-state index contributed by atoms with van der Waals surface area (Å²) in [5, 5.41) is 3.41. The van der Waals surface area contributed by atoms with Crippen molar-refractivity contribution in [3.63, 3.8) is 0 Å². The lowest BCUT2D eigenvalue weighted by molar-refractivity contribution is 0.553. The number of halogens is 1. The molecule has 0 spiro atoms. The Morgan fingerprint density at radius 2 is 1.75 bits per heavy atom. The van der Waals surface area contributed by atoms with Crippen molar-refractivity contribution in [1.82, 2.24) is 5.32 Å². The molecule has 104 valence electrons. The molecule has 3 rings (SSSR count). The van der Waals surface area contributed by atoms with Crippen LogP contribution in [0.3, 0.4) is 0 Å². The summed E-state index contributed by atoms with van der Waals surface area (Å²) in [4.78, 5) is 2.30. The largest absolute Gasteiger partial charge is 0.363 e. The monoisotopic (exact) mass is 270 g/mol. The fourth-order valence-corrected chi connectivity index (χ4v) is 2.83. The lowest BCUT2D eigenvalue weighted by Crippen LogP contribution is -2.33. The van der Waals surface area contributed by atoms with Gasteiger partial charge < -0.3 is 10.2 Å². The van der Waals surface area contributed by atoms with Gasteiger partial charge in [0.25, 0.3) is 0 Å². The van der Waals surface area contributed by atoms with E-state index in [-0.39, 0.29) is 11.9 Å². The van der Waals surface area contributed by atoms with Gasteiger partial charge in [0, 0.05) is 24.3 Å². The van der Waals surface area contributed by atoms with Gasteiger partial charge in [0.2, 0.25) is 0 Å². The van der Waals surface area contributed by atoms with E-state index in [0.29, 0.717) is 0 Å². The summed E-state index contributed by atoms with van der Waals surface area (Å²) in [6, 6.07) is 17.4. The third-order valence-corrected chi connectivity index (χ3v) is 3.82. The van der Waals surface area contributed by atoms with Gasteiger partial charge in [0.1, 0.15) is 5.82 Å². The van der Waals surface area contributed by atoms with Crippen LogP contribution < -0.4 is 10.2 Å². The molecular formula is C17H19FN2. The average Bonchev–Trinajstić information content (AvgIpc) is 2.74. The summed E-state index contributed by atoms with van der Waals surface area (Å²) in [5.41, 5.74) is 1.93. The van der Waals surface area contributed by atoms with E-state index in [9.17, 15) is 4.39 Å². The lowest BCUT2D eigenvalue weighted by Gasteiger charge is -2.32. The number of rotatable bonds is 2. The van der Waals surface area contributed by atoms with E-state index in [1.165, 1.54) is 0 Å². The van der Waals surface area contributed by atoms with Gasteiger partial charge in [-0.2, -0.15) is 0 Å². The molecule has 0 aromatic heterocycles. The number of para-hydroxylation sites is 1. The zero-order valence-electron chi connectivity index (χ0n) is 11.4. The molecule has 1 saturated heterocycles. The summed E-state index contributed by atoms with van der Waals surface area (Å²) in [7, 11) is 0. The Morgan fingerprint density at radius 1 is 1.00 bits per heavy atom. The highest BCUT2D eigenvalue weighted by Crippen LogP contribution is 2.29. The highest BCUT2D eigenvalue weighted by molar-refractivity contribution is 5.49. The van der Waals surface area contributed by atoms with E-state index in [4.69, 9.17) is 0 Å². The van der Waals surface area contributed by atoms with Crippen molar-refractivity contribution < 1.29 is 4.39 Å². The highest BCUT2D eigenvalue weighted by atomic mass is 19.1. The summed E-state index contributed by atoms with van der Waals surface area (Å²) in [6.45, 7) is 2.69. The highest BCUT2D eigenvalue weighted by Gasteiger charge is 2.24. The number of hydrogen-bond donors (Lipinski definition) is 1. The minimum Gasteiger partial charge on any atom is -0.363 e. The second-order valence-corrected chi connectivity index (χ2v) is 5.12. The van der Waals surface area contributed by atoms with E-state index in [2.05, 4.69) is 22.3 Å². The molecule has 2 aromatic rings.